The van der Waals surface area contributed by atoms with E-state index in [1.807, 2.05) is 29.6 Å². The van der Waals surface area contributed by atoms with Crippen LogP contribution in [0.25, 0.3) is 11.3 Å². The van der Waals surface area contributed by atoms with Gasteiger partial charge in [0.2, 0.25) is 4.80 Å². The Labute approximate surface area is 188 Å². The number of rotatable bonds is 4. The molecule has 1 saturated carbocycles. The van der Waals surface area contributed by atoms with E-state index in [-0.39, 0.29) is 10.9 Å². The van der Waals surface area contributed by atoms with E-state index in [1.165, 1.54) is 29.9 Å². The highest BCUT2D eigenvalue weighted by atomic mass is 79.9. The average molecular weight is 512 g/mol. The lowest BCUT2D eigenvalue weighted by Crippen LogP contribution is -2.25. The molecule has 1 aromatic heterocycles. The Bertz CT molecular complexity index is 1160. The summed E-state index contributed by atoms with van der Waals surface area (Å²) in [7, 11) is -3.82. The number of hydrogen-bond acceptors (Lipinski definition) is 3. The molecule has 0 atom stereocenters. The molecule has 1 aliphatic carbocycles. The van der Waals surface area contributed by atoms with Crippen molar-refractivity contribution in [2.24, 2.45) is 4.40 Å². The largest absolute Gasteiger partial charge is 0.313 e. The Morgan fingerprint density at radius 3 is 2.31 bits per heavy atom. The lowest BCUT2D eigenvalue weighted by Gasteiger charge is -2.25. The monoisotopic (exact) mass is 510 g/mol. The van der Waals surface area contributed by atoms with Crippen LogP contribution in [0.1, 0.15) is 38.1 Å². The van der Waals surface area contributed by atoms with Gasteiger partial charge in [-0.3, -0.25) is 0 Å². The predicted octanol–water partition coefficient (Wildman–Crippen LogP) is 6.43. The van der Waals surface area contributed by atoms with Crippen molar-refractivity contribution in [3.8, 4) is 11.3 Å². The number of sulfonamides is 1. The fourth-order valence-corrected chi connectivity index (χ4v) is 6.24. The van der Waals surface area contributed by atoms with Gasteiger partial charge in [-0.25, -0.2) is 0 Å². The minimum Gasteiger partial charge on any atom is -0.313 e. The zero-order chi connectivity index (χ0) is 20.4. The summed E-state index contributed by atoms with van der Waals surface area (Å²) in [5, 5.41) is 2.50. The van der Waals surface area contributed by atoms with Crippen LogP contribution in [0.3, 0.4) is 0 Å². The van der Waals surface area contributed by atoms with Crippen molar-refractivity contribution in [1.82, 2.24) is 4.57 Å². The Morgan fingerprint density at radius 2 is 1.66 bits per heavy atom. The van der Waals surface area contributed by atoms with Crippen molar-refractivity contribution in [2.45, 2.75) is 43.0 Å². The molecule has 1 aliphatic rings. The lowest BCUT2D eigenvalue weighted by molar-refractivity contribution is 0.351. The highest BCUT2D eigenvalue weighted by molar-refractivity contribution is 9.10. The molecule has 1 heterocycles. The zero-order valence-corrected chi connectivity index (χ0v) is 19.6. The summed E-state index contributed by atoms with van der Waals surface area (Å²) in [6.07, 6.45) is 5.60. The minimum absolute atomic E-state index is 0.149. The minimum atomic E-state index is -3.82. The normalized spacial score (nSPS) is 16.3. The number of hydrogen-bond donors (Lipinski definition) is 0. The molecule has 4 rings (SSSR count). The molecule has 2 aromatic carbocycles. The number of thiazole rings is 1. The molecule has 0 aliphatic heterocycles. The third kappa shape index (κ3) is 4.68. The SMILES string of the molecule is O=S(=O)(/N=c1/scc(-c2ccc(Br)cc2)n1C1CCCCC1)c1ccc(Cl)cc1. The maximum Gasteiger partial charge on any atom is 0.285 e. The summed E-state index contributed by atoms with van der Waals surface area (Å²) in [6.45, 7) is 0. The molecule has 0 bridgehead atoms. The molecule has 29 heavy (non-hydrogen) atoms. The molecule has 8 heteroatoms. The van der Waals surface area contributed by atoms with Gasteiger partial charge in [0, 0.05) is 20.9 Å². The molecule has 4 nitrogen and oxygen atoms in total. The first-order valence-corrected chi connectivity index (χ1v) is 13.0. The van der Waals surface area contributed by atoms with Gasteiger partial charge < -0.3 is 4.57 Å². The number of halogens is 2. The molecule has 0 saturated heterocycles. The van der Waals surface area contributed by atoms with E-state index in [9.17, 15) is 8.42 Å². The second kappa shape index (κ2) is 8.76. The van der Waals surface area contributed by atoms with Crippen LogP contribution in [0.5, 0.6) is 0 Å². The average Bonchev–Trinajstić information content (AvgIpc) is 3.12. The van der Waals surface area contributed by atoms with Gasteiger partial charge in [-0.15, -0.1) is 15.7 Å². The highest BCUT2D eigenvalue weighted by Gasteiger charge is 2.22. The van der Waals surface area contributed by atoms with Crippen LogP contribution in [0, 0.1) is 0 Å². The fourth-order valence-electron chi connectivity index (χ4n) is 3.67. The standard InChI is InChI=1S/C21H20BrClN2O2S2/c22-16-8-6-15(7-9-16)20-14-28-21(25(20)18-4-2-1-3-5-18)24-29(26,27)19-12-10-17(23)11-13-19/h6-14,18H,1-5H2/b24-21+. The van der Waals surface area contributed by atoms with Crippen LogP contribution in [-0.2, 0) is 10.0 Å². The smallest absolute Gasteiger partial charge is 0.285 e. The Balaban J connectivity index is 1.85. The molecule has 0 amide bonds. The van der Waals surface area contributed by atoms with E-state index in [0.29, 0.717) is 9.82 Å². The summed E-state index contributed by atoms with van der Waals surface area (Å²) >= 11 is 10.8. The zero-order valence-electron chi connectivity index (χ0n) is 15.6. The molecule has 3 aromatic rings. The van der Waals surface area contributed by atoms with Crippen molar-refractivity contribution in [3.05, 3.63) is 68.2 Å². The predicted molar refractivity (Wildman–Crippen MR) is 122 cm³/mol. The van der Waals surface area contributed by atoms with Gasteiger partial charge in [0.1, 0.15) is 0 Å². The van der Waals surface area contributed by atoms with Gasteiger partial charge in [0.25, 0.3) is 10.0 Å². The maximum atomic E-state index is 12.9. The summed E-state index contributed by atoms with van der Waals surface area (Å²) in [4.78, 5) is 0.667. The molecule has 0 spiro atoms. The van der Waals surface area contributed by atoms with Gasteiger partial charge in [0.15, 0.2) is 0 Å². The Morgan fingerprint density at radius 1 is 1.00 bits per heavy atom. The molecule has 0 unspecified atom stereocenters. The maximum absolute atomic E-state index is 12.9. The first kappa shape index (κ1) is 20.8. The lowest BCUT2D eigenvalue weighted by atomic mass is 9.95. The van der Waals surface area contributed by atoms with E-state index < -0.39 is 10.0 Å². The van der Waals surface area contributed by atoms with Crippen LogP contribution in [-0.4, -0.2) is 13.0 Å². The van der Waals surface area contributed by atoms with E-state index >= 15 is 0 Å². The van der Waals surface area contributed by atoms with Gasteiger partial charge >= 0.3 is 0 Å². The number of aromatic nitrogens is 1. The third-order valence-electron chi connectivity index (χ3n) is 5.13. The van der Waals surface area contributed by atoms with Crippen LogP contribution in [0.4, 0.5) is 0 Å². The van der Waals surface area contributed by atoms with Crippen molar-refractivity contribution in [1.29, 1.82) is 0 Å². The van der Waals surface area contributed by atoms with Gasteiger partial charge in [-0.05, 0) is 54.8 Å². The molecular formula is C21H20BrClN2O2S2. The molecule has 0 radical (unpaired) electrons. The second-order valence-electron chi connectivity index (χ2n) is 7.09. The van der Waals surface area contributed by atoms with Crippen molar-refractivity contribution < 1.29 is 8.42 Å². The highest BCUT2D eigenvalue weighted by Crippen LogP contribution is 2.33. The van der Waals surface area contributed by atoms with Crippen molar-refractivity contribution >= 4 is 48.9 Å². The van der Waals surface area contributed by atoms with E-state index in [0.717, 1.165) is 41.4 Å². The fraction of sp³-hybridized carbons (Fsp3) is 0.286. The number of benzene rings is 2. The Hall–Kier alpha value is -1.41. The summed E-state index contributed by atoms with van der Waals surface area (Å²) in [6, 6.07) is 14.5. The Kier molecular flexibility index (Phi) is 6.30. The van der Waals surface area contributed by atoms with E-state index in [2.05, 4.69) is 24.9 Å². The van der Waals surface area contributed by atoms with Crippen LogP contribution >= 0.6 is 38.9 Å². The topological polar surface area (TPSA) is 51.4 Å². The first-order chi connectivity index (χ1) is 13.9. The van der Waals surface area contributed by atoms with Gasteiger partial charge in [-0.2, -0.15) is 8.42 Å². The quantitative estimate of drug-likeness (QED) is 0.405. The van der Waals surface area contributed by atoms with Crippen LogP contribution in [0.2, 0.25) is 5.02 Å². The summed E-state index contributed by atoms with van der Waals surface area (Å²) in [5.74, 6) is 0. The van der Waals surface area contributed by atoms with Gasteiger partial charge in [0.05, 0.1) is 10.6 Å². The van der Waals surface area contributed by atoms with E-state index in [4.69, 9.17) is 11.6 Å². The van der Waals surface area contributed by atoms with Crippen LogP contribution in [0.15, 0.2) is 67.7 Å². The molecule has 152 valence electrons. The van der Waals surface area contributed by atoms with Crippen molar-refractivity contribution in [3.63, 3.8) is 0 Å². The third-order valence-corrected chi connectivity index (χ3v) is 8.15. The first-order valence-electron chi connectivity index (χ1n) is 9.46. The van der Waals surface area contributed by atoms with Crippen molar-refractivity contribution in [2.75, 3.05) is 0 Å². The second-order valence-corrected chi connectivity index (χ2v) is 10.9. The van der Waals surface area contributed by atoms with Gasteiger partial charge in [-0.1, -0.05) is 58.9 Å². The molecular weight excluding hydrogens is 492 g/mol. The number of nitrogens with zero attached hydrogens (tertiary/aromatic N) is 2. The summed E-state index contributed by atoms with van der Waals surface area (Å²) in [5.41, 5.74) is 2.07. The van der Waals surface area contributed by atoms with E-state index in [1.54, 1.807) is 12.1 Å². The van der Waals surface area contributed by atoms with Crippen LogP contribution < -0.4 is 4.80 Å². The molecule has 1 fully saturated rings. The summed E-state index contributed by atoms with van der Waals surface area (Å²) < 4.78 is 33.2. The molecule has 0 N–H and O–H groups in total.